The SMILES string of the molecule is O=C1Nc2ccc(F)cc2C1=Cc1cc(Br)c(O)c(Br)c1. The third-order valence-corrected chi connectivity index (χ3v) is 4.32. The molecule has 0 atom stereocenters. The second-order valence-electron chi connectivity index (χ2n) is 4.54. The van der Waals surface area contributed by atoms with Crippen LogP contribution in [0.1, 0.15) is 11.1 Å². The molecular weight excluding hydrogens is 405 g/mol. The fourth-order valence-electron chi connectivity index (χ4n) is 2.14. The molecule has 0 fully saturated rings. The van der Waals surface area contributed by atoms with Crippen LogP contribution in [-0.2, 0) is 4.79 Å². The van der Waals surface area contributed by atoms with Crippen LogP contribution in [0.4, 0.5) is 10.1 Å². The lowest BCUT2D eigenvalue weighted by Crippen LogP contribution is -2.03. The van der Waals surface area contributed by atoms with Crippen molar-refractivity contribution < 1.29 is 14.3 Å². The number of rotatable bonds is 1. The van der Waals surface area contributed by atoms with E-state index in [-0.39, 0.29) is 11.7 Å². The number of fused-ring (bicyclic) bond motifs is 1. The smallest absolute Gasteiger partial charge is 0.256 e. The minimum atomic E-state index is -0.399. The van der Waals surface area contributed by atoms with Gasteiger partial charge in [-0.15, -0.1) is 0 Å². The number of carbonyl (C=O) groups is 1. The third kappa shape index (κ3) is 2.61. The molecule has 0 bridgehead atoms. The van der Waals surface area contributed by atoms with Gasteiger partial charge in [0, 0.05) is 16.8 Å². The molecule has 1 amide bonds. The number of hydrogen-bond donors (Lipinski definition) is 2. The van der Waals surface area contributed by atoms with Crippen LogP contribution in [0, 0.1) is 5.82 Å². The van der Waals surface area contributed by atoms with Crippen LogP contribution in [0.15, 0.2) is 39.3 Å². The minimum Gasteiger partial charge on any atom is -0.506 e. The fraction of sp³-hybridized carbons (Fsp3) is 0. The second-order valence-corrected chi connectivity index (χ2v) is 6.24. The van der Waals surface area contributed by atoms with E-state index in [1.807, 2.05) is 0 Å². The Morgan fingerprint density at radius 3 is 2.48 bits per heavy atom. The van der Waals surface area contributed by atoms with Crippen LogP contribution in [0.25, 0.3) is 11.6 Å². The van der Waals surface area contributed by atoms with Crippen molar-refractivity contribution in [1.82, 2.24) is 0 Å². The first kappa shape index (κ1) is 14.3. The molecule has 0 radical (unpaired) electrons. The summed E-state index contributed by atoms with van der Waals surface area (Å²) in [6.45, 7) is 0. The molecule has 2 aromatic rings. The minimum absolute atomic E-state index is 0.0828. The molecule has 6 heteroatoms. The van der Waals surface area contributed by atoms with Crippen LogP contribution < -0.4 is 5.32 Å². The highest BCUT2D eigenvalue weighted by molar-refractivity contribution is 9.11. The number of hydrogen-bond acceptors (Lipinski definition) is 2. The summed E-state index contributed by atoms with van der Waals surface area (Å²) in [5.74, 6) is -0.598. The molecule has 1 heterocycles. The molecule has 0 unspecified atom stereocenters. The normalized spacial score (nSPS) is 15.2. The van der Waals surface area contributed by atoms with Gasteiger partial charge in [0.15, 0.2) is 0 Å². The van der Waals surface area contributed by atoms with Gasteiger partial charge in [0.2, 0.25) is 0 Å². The molecular formula is C15H8Br2FNO2. The van der Waals surface area contributed by atoms with Gasteiger partial charge in [-0.2, -0.15) is 0 Å². The quantitative estimate of drug-likeness (QED) is 0.675. The van der Waals surface area contributed by atoms with Crippen molar-refractivity contribution >= 4 is 55.1 Å². The number of carbonyl (C=O) groups excluding carboxylic acids is 1. The van der Waals surface area contributed by atoms with Crippen molar-refractivity contribution in [3.05, 3.63) is 56.2 Å². The van der Waals surface area contributed by atoms with Gasteiger partial charge in [-0.05, 0) is 73.8 Å². The summed E-state index contributed by atoms with van der Waals surface area (Å²) in [4.78, 5) is 12.0. The first-order valence-corrected chi connectivity index (χ1v) is 7.55. The Hall–Kier alpha value is -1.66. The molecule has 0 saturated heterocycles. The molecule has 0 aromatic heterocycles. The average Bonchev–Trinajstić information content (AvgIpc) is 2.72. The maximum atomic E-state index is 13.4. The van der Waals surface area contributed by atoms with E-state index < -0.39 is 5.82 Å². The van der Waals surface area contributed by atoms with Gasteiger partial charge in [0.05, 0.1) is 8.95 Å². The van der Waals surface area contributed by atoms with Crippen LogP contribution in [0.5, 0.6) is 5.75 Å². The van der Waals surface area contributed by atoms with Gasteiger partial charge in [0.1, 0.15) is 11.6 Å². The van der Waals surface area contributed by atoms with Crippen LogP contribution in [-0.4, -0.2) is 11.0 Å². The monoisotopic (exact) mass is 411 g/mol. The highest BCUT2D eigenvalue weighted by atomic mass is 79.9. The Labute approximate surface area is 136 Å². The summed E-state index contributed by atoms with van der Waals surface area (Å²) in [5, 5.41) is 12.4. The van der Waals surface area contributed by atoms with Gasteiger partial charge >= 0.3 is 0 Å². The average molecular weight is 413 g/mol. The molecule has 1 aliphatic heterocycles. The molecule has 0 spiro atoms. The number of amides is 1. The van der Waals surface area contributed by atoms with Gasteiger partial charge in [0.25, 0.3) is 5.91 Å². The van der Waals surface area contributed by atoms with Crippen molar-refractivity contribution in [3.63, 3.8) is 0 Å². The van der Waals surface area contributed by atoms with Gasteiger partial charge in [-0.25, -0.2) is 4.39 Å². The lowest BCUT2D eigenvalue weighted by molar-refractivity contribution is -0.110. The van der Waals surface area contributed by atoms with Gasteiger partial charge in [-0.1, -0.05) is 0 Å². The predicted octanol–water partition coefficient (Wildman–Crippen LogP) is 4.55. The summed E-state index contributed by atoms with van der Waals surface area (Å²) in [7, 11) is 0. The van der Waals surface area contributed by atoms with Crippen molar-refractivity contribution in [2.24, 2.45) is 0 Å². The highest BCUT2D eigenvalue weighted by Crippen LogP contribution is 2.37. The summed E-state index contributed by atoms with van der Waals surface area (Å²) >= 11 is 6.47. The zero-order valence-electron chi connectivity index (χ0n) is 10.5. The lowest BCUT2D eigenvalue weighted by Gasteiger charge is -2.04. The molecule has 0 aliphatic carbocycles. The Balaban J connectivity index is 2.13. The summed E-state index contributed by atoms with van der Waals surface area (Å²) in [6, 6.07) is 7.51. The van der Waals surface area contributed by atoms with E-state index in [4.69, 9.17) is 0 Å². The van der Waals surface area contributed by atoms with E-state index in [0.717, 1.165) is 0 Å². The second kappa shape index (κ2) is 5.27. The third-order valence-electron chi connectivity index (χ3n) is 3.11. The Morgan fingerprint density at radius 2 is 1.81 bits per heavy atom. The highest BCUT2D eigenvalue weighted by Gasteiger charge is 2.24. The largest absolute Gasteiger partial charge is 0.506 e. The number of phenols is 1. The number of aromatic hydroxyl groups is 1. The number of nitrogens with one attached hydrogen (secondary N) is 1. The Kier molecular flexibility index (Phi) is 3.59. The van der Waals surface area contributed by atoms with E-state index in [1.54, 1.807) is 18.2 Å². The summed E-state index contributed by atoms with van der Waals surface area (Å²) in [5.41, 5.74) is 2.20. The first-order valence-electron chi connectivity index (χ1n) is 5.96. The van der Waals surface area contributed by atoms with Gasteiger partial charge in [-0.3, -0.25) is 4.79 Å². The van der Waals surface area contributed by atoms with E-state index in [0.29, 0.717) is 31.3 Å². The van der Waals surface area contributed by atoms with E-state index in [2.05, 4.69) is 37.2 Å². The maximum Gasteiger partial charge on any atom is 0.256 e. The molecule has 0 saturated carbocycles. The Bertz CT molecular complexity index is 779. The topological polar surface area (TPSA) is 49.3 Å². The maximum absolute atomic E-state index is 13.4. The first-order chi connectivity index (χ1) is 9.95. The molecule has 1 aliphatic rings. The lowest BCUT2D eigenvalue weighted by atomic mass is 10.0. The molecule has 106 valence electrons. The van der Waals surface area contributed by atoms with Crippen LogP contribution >= 0.6 is 31.9 Å². The van der Waals surface area contributed by atoms with Crippen molar-refractivity contribution in [2.45, 2.75) is 0 Å². The number of phenolic OH excluding ortho intramolecular Hbond substituents is 1. The fourth-order valence-corrected chi connectivity index (χ4v) is 3.36. The van der Waals surface area contributed by atoms with Crippen molar-refractivity contribution in [2.75, 3.05) is 5.32 Å². The predicted molar refractivity (Wildman–Crippen MR) is 86.4 cm³/mol. The van der Waals surface area contributed by atoms with E-state index >= 15 is 0 Å². The zero-order valence-corrected chi connectivity index (χ0v) is 13.6. The van der Waals surface area contributed by atoms with E-state index in [1.165, 1.54) is 18.2 Å². The molecule has 3 rings (SSSR count). The molecule has 2 N–H and O–H groups in total. The molecule has 3 nitrogen and oxygen atoms in total. The van der Waals surface area contributed by atoms with Crippen LogP contribution in [0.2, 0.25) is 0 Å². The van der Waals surface area contributed by atoms with Crippen molar-refractivity contribution in [1.29, 1.82) is 0 Å². The standard InChI is InChI=1S/C15H8Br2FNO2/c16-11-4-7(5-12(17)14(11)20)3-10-9-6-8(18)1-2-13(9)19-15(10)21/h1-6,20H,(H,19,21). The number of halogens is 3. The molecule has 2 aromatic carbocycles. The van der Waals surface area contributed by atoms with Crippen LogP contribution in [0.3, 0.4) is 0 Å². The zero-order chi connectivity index (χ0) is 15.1. The number of anilines is 1. The van der Waals surface area contributed by atoms with E-state index in [9.17, 15) is 14.3 Å². The van der Waals surface area contributed by atoms with Crippen molar-refractivity contribution in [3.8, 4) is 5.75 Å². The van der Waals surface area contributed by atoms with Gasteiger partial charge < -0.3 is 10.4 Å². The summed E-state index contributed by atoms with van der Waals surface area (Å²) < 4.78 is 14.4. The Morgan fingerprint density at radius 1 is 1.14 bits per heavy atom. The summed E-state index contributed by atoms with van der Waals surface area (Å²) in [6.07, 6.45) is 1.65. The number of benzene rings is 2. The molecule has 21 heavy (non-hydrogen) atoms.